The largest absolute Gasteiger partial charge is 0.506 e. The fourth-order valence-corrected chi connectivity index (χ4v) is 2.25. The standard InChI is InChI=1S/C14H18N2O5/c17-12-4-2-1-3-11(12)15-5-7-16(8-6-15)13(18)9-21-10-14(19)20/h1-4,17H,5-10H2,(H,19,20). The van der Waals surface area contributed by atoms with Crippen molar-refractivity contribution in [3.05, 3.63) is 24.3 Å². The first kappa shape index (κ1) is 15.1. The Morgan fingerprint density at radius 1 is 1.10 bits per heavy atom. The summed E-state index contributed by atoms with van der Waals surface area (Å²) in [6.45, 7) is 1.57. The number of ether oxygens (including phenoxy) is 1. The number of amides is 1. The quantitative estimate of drug-likeness (QED) is 0.803. The molecule has 1 fully saturated rings. The van der Waals surface area contributed by atoms with Gasteiger partial charge in [-0.2, -0.15) is 0 Å². The first-order valence-corrected chi connectivity index (χ1v) is 6.68. The minimum absolute atomic E-state index is 0.215. The number of phenolic OH excluding ortho intramolecular Hbond substituents is 1. The van der Waals surface area contributed by atoms with Gasteiger partial charge < -0.3 is 24.7 Å². The molecule has 0 bridgehead atoms. The number of aromatic hydroxyl groups is 1. The molecule has 2 rings (SSSR count). The number of hydrogen-bond acceptors (Lipinski definition) is 5. The lowest BCUT2D eigenvalue weighted by atomic mass is 10.2. The molecule has 0 radical (unpaired) electrons. The van der Waals surface area contributed by atoms with Crippen molar-refractivity contribution in [3.63, 3.8) is 0 Å². The van der Waals surface area contributed by atoms with Gasteiger partial charge in [0.05, 0.1) is 5.69 Å². The number of nitrogens with zero attached hydrogens (tertiary/aromatic N) is 2. The maximum Gasteiger partial charge on any atom is 0.329 e. The van der Waals surface area contributed by atoms with Gasteiger partial charge in [-0.1, -0.05) is 12.1 Å². The van der Waals surface area contributed by atoms with Gasteiger partial charge in [0.15, 0.2) is 0 Å². The zero-order valence-corrected chi connectivity index (χ0v) is 11.6. The van der Waals surface area contributed by atoms with E-state index in [2.05, 4.69) is 0 Å². The number of anilines is 1. The maximum absolute atomic E-state index is 11.8. The third-order valence-corrected chi connectivity index (χ3v) is 3.31. The number of hydrogen-bond donors (Lipinski definition) is 2. The number of carbonyl (C=O) groups excluding carboxylic acids is 1. The van der Waals surface area contributed by atoms with Crippen LogP contribution < -0.4 is 4.90 Å². The molecule has 0 atom stereocenters. The Labute approximate surface area is 122 Å². The molecule has 21 heavy (non-hydrogen) atoms. The number of rotatable bonds is 5. The molecule has 7 nitrogen and oxygen atoms in total. The molecule has 7 heteroatoms. The van der Waals surface area contributed by atoms with Crippen LogP contribution in [-0.4, -0.2) is 66.4 Å². The summed E-state index contributed by atoms with van der Waals surface area (Å²) in [6.07, 6.45) is 0. The molecular weight excluding hydrogens is 276 g/mol. The topological polar surface area (TPSA) is 90.3 Å². The first-order valence-electron chi connectivity index (χ1n) is 6.68. The lowest BCUT2D eigenvalue weighted by molar-refractivity contribution is -0.145. The van der Waals surface area contributed by atoms with Crippen LogP contribution in [0, 0.1) is 0 Å². The van der Waals surface area contributed by atoms with Gasteiger partial charge >= 0.3 is 5.97 Å². The smallest absolute Gasteiger partial charge is 0.329 e. The Morgan fingerprint density at radius 2 is 1.76 bits per heavy atom. The predicted molar refractivity (Wildman–Crippen MR) is 75.4 cm³/mol. The number of carbonyl (C=O) groups is 2. The van der Waals surface area contributed by atoms with Crippen LogP contribution in [0.15, 0.2) is 24.3 Å². The van der Waals surface area contributed by atoms with Crippen molar-refractivity contribution in [2.24, 2.45) is 0 Å². The van der Waals surface area contributed by atoms with Crippen molar-refractivity contribution in [2.75, 3.05) is 44.3 Å². The molecule has 0 spiro atoms. The van der Waals surface area contributed by atoms with Crippen LogP contribution in [0.1, 0.15) is 0 Å². The van der Waals surface area contributed by atoms with Crippen LogP contribution in [-0.2, 0) is 14.3 Å². The number of phenols is 1. The van der Waals surface area contributed by atoms with E-state index in [0.717, 1.165) is 5.69 Å². The average Bonchev–Trinajstić information content (AvgIpc) is 2.47. The highest BCUT2D eigenvalue weighted by atomic mass is 16.5. The van der Waals surface area contributed by atoms with E-state index >= 15 is 0 Å². The Kier molecular flexibility index (Phi) is 4.99. The van der Waals surface area contributed by atoms with Gasteiger partial charge in [0.1, 0.15) is 19.0 Å². The number of benzene rings is 1. The SMILES string of the molecule is O=C(O)COCC(=O)N1CCN(c2ccccc2O)CC1. The summed E-state index contributed by atoms with van der Waals surface area (Å²) in [5.74, 6) is -1.08. The Balaban J connectivity index is 1.82. The summed E-state index contributed by atoms with van der Waals surface area (Å²) >= 11 is 0. The van der Waals surface area contributed by atoms with E-state index < -0.39 is 12.6 Å². The number of aliphatic carboxylic acids is 1. The summed E-state index contributed by atoms with van der Waals surface area (Å²) in [5, 5.41) is 18.3. The van der Waals surface area contributed by atoms with Crippen LogP contribution in [0.25, 0.3) is 0 Å². The normalized spacial score (nSPS) is 15.0. The van der Waals surface area contributed by atoms with E-state index in [9.17, 15) is 14.7 Å². The van der Waals surface area contributed by atoms with Gasteiger partial charge in [0, 0.05) is 26.2 Å². The molecule has 114 valence electrons. The molecule has 1 saturated heterocycles. The fraction of sp³-hybridized carbons (Fsp3) is 0.429. The van der Waals surface area contributed by atoms with Gasteiger partial charge in [-0.25, -0.2) is 4.79 Å². The van der Waals surface area contributed by atoms with Gasteiger partial charge in [-0.05, 0) is 12.1 Å². The lowest BCUT2D eigenvalue weighted by Gasteiger charge is -2.36. The molecule has 1 aromatic carbocycles. The molecule has 1 aromatic rings. The zero-order chi connectivity index (χ0) is 15.2. The molecule has 1 heterocycles. The second kappa shape index (κ2) is 6.94. The first-order chi connectivity index (χ1) is 10.1. The number of para-hydroxylation sites is 2. The van der Waals surface area contributed by atoms with Gasteiger partial charge in [-0.15, -0.1) is 0 Å². The molecule has 1 aliphatic heterocycles. The van der Waals surface area contributed by atoms with E-state index in [1.807, 2.05) is 17.0 Å². The van der Waals surface area contributed by atoms with Crippen LogP contribution in [0.3, 0.4) is 0 Å². The summed E-state index contributed by atoms with van der Waals surface area (Å²) < 4.78 is 4.80. The highest BCUT2D eigenvalue weighted by Crippen LogP contribution is 2.27. The molecule has 0 aliphatic carbocycles. The van der Waals surface area contributed by atoms with Crippen LogP contribution in [0.2, 0.25) is 0 Å². The van der Waals surface area contributed by atoms with Crippen molar-refractivity contribution in [3.8, 4) is 5.75 Å². The van der Waals surface area contributed by atoms with Gasteiger partial charge in [-0.3, -0.25) is 4.79 Å². The number of piperazine rings is 1. The predicted octanol–water partition coefficient (Wildman–Crippen LogP) is 0.142. The van der Waals surface area contributed by atoms with Gasteiger partial charge in [0.2, 0.25) is 5.91 Å². The van der Waals surface area contributed by atoms with E-state index in [1.165, 1.54) is 0 Å². The summed E-state index contributed by atoms with van der Waals surface area (Å²) in [4.78, 5) is 25.8. The van der Waals surface area contributed by atoms with Crippen molar-refractivity contribution in [1.29, 1.82) is 0 Å². The lowest BCUT2D eigenvalue weighted by Crippen LogP contribution is -2.49. The zero-order valence-electron chi connectivity index (χ0n) is 11.6. The van der Waals surface area contributed by atoms with E-state index in [4.69, 9.17) is 9.84 Å². The molecule has 1 amide bonds. The van der Waals surface area contributed by atoms with Crippen LogP contribution in [0.4, 0.5) is 5.69 Å². The Morgan fingerprint density at radius 3 is 2.38 bits per heavy atom. The molecular formula is C14H18N2O5. The maximum atomic E-state index is 11.8. The minimum atomic E-state index is -1.09. The van der Waals surface area contributed by atoms with Crippen molar-refractivity contribution in [2.45, 2.75) is 0 Å². The van der Waals surface area contributed by atoms with E-state index in [0.29, 0.717) is 26.2 Å². The number of carboxylic acids is 1. The third kappa shape index (κ3) is 4.09. The second-order valence-electron chi connectivity index (χ2n) is 4.74. The fourth-order valence-electron chi connectivity index (χ4n) is 2.25. The van der Waals surface area contributed by atoms with Crippen molar-refractivity contribution >= 4 is 17.6 Å². The molecule has 2 N–H and O–H groups in total. The summed E-state index contributed by atoms with van der Waals surface area (Å²) in [7, 11) is 0. The summed E-state index contributed by atoms with van der Waals surface area (Å²) in [6, 6.07) is 7.08. The van der Waals surface area contributed by atoms with Crippen molar-refractivity contribution in [1.82, 2.24) is 4.90 Å². The second-order valence-corrected chi connectivity index (χ2v) is 4.74. The third-order valence-electron chi connectivity index (χ3n) is 3.31. The van der Waals surface area contributed by atoms with Crippen LogP contribution >= 0.6 is 0 Å². The Bertz CT molecular complexity index is 512. The average molecular weight is 294 g/mol. The molecule has 0 aromatic heterocycles. The Hall–Kier alpha value is -2.28. The number of carboxylic acid groups (broad SMARTS) is 1. The molecule has 0 saturated carbocycles. The highest BCUT2D eigenvalue weighted by molar-refractivity contribution is 5.78. The van der Waals surface area contributed by atoms with Crippen LogP contribution in [0.5, 0.6) is 5.75 Å². The van der Waals surface area contributed by atoms with E-state index in [1.54, 1.807) is 17.0 Å². The highest BCUT2D eigenvalue weighted by Gasteiger charge is 2.22. The molecule has 1 aliphatic rings. The van der Waals surface area contributed by atoms with E-state index in [-0.39, 0.29) is 18.3 Å². The minimum Gasteiger partial charge on any atom is -0.506 e. The molecule has 0 unspecified atom stereocenters. The van der Waals surface area contributed by atoms with Gasteiger partial charge in [0.25, 0.3) is 0 Å². The van der Waals surface area contributed by atoms with Crippen molar-refractivity contribution < 1.29 is 24.5 Å². The monoisotopic (exact) mass is 294 g/mol. The summed E-state index contributed by atoms with van der Waals surface area (Å²) in [5.41, 5.74) is 0.756.